The van der Waals surface area contributed by atoms with Gasteiger partial charge in [0.1, 0.15) is 24.2 Å². The Morgan fingerprint density at radius 1 is 1.06 bits per heavy atom. The third kappa shape index (κ3) is 4.21. The fourth-order valence-electron chi connectivity index (χ4n) is 4.56. The van der Waals surface area contributed by atoms with Gasteiger partial charge in [0, 0.05) is 33.8 Å². The Morgan fingerprint density at radius 2 is 1.81 bits per heavy atom. The number of rotatable bonds is 6. The van der Waals surface area contributed by atoms with Crippen LogP contribution in [0.1, 0.15) is 41.0 Å². The molecule has 0 bridgehead atoms. The smallest absolute Gasteiger partial charge is 0.417 e. The van der Waals surface area contributed by atoms with Gasteiger partial charge >= 0.3 is 6.09 Å². The highest BCUT2D eigenvalue weighted by molar-refractivity contribution is 6.20. The predicted molar refractivity (Wildman–Crippen MR) is 135 cm³/mol. The molecule has 1 aliphatic rings. The van der Waals surface area contributed by atoms with Crippen LogP contribution in [-0.4, -0.2) is 46.4 Å². The van der Waals surface area contributed by atoms with Crippen LogP contribution in [0.15, 0.2) is 66.7 Å². The predicted octanol–water partition coefficient (Wildman–Crippen LogP) is 4.38. The number of benzene rings is 3. The van der Waals surface area contributed by atoms with E-state index in [-0.39, 0.29) is 12.4 Å². The van der Waals surface area contributed by atoms with Crippen LogP contribution in [0.3, 0.4) is 0 Å². The Hall–Kier alpha value is -4.14. The summed E-state index contributed by atoms with van der Waals surface area (Å²) in [5, 5.41) is 22.0. The molecule has 0 spiro atoms. The molecule has 1 aromatic heterocycles. The van der Waals surface area contributed by atoms with Crippen LogP contribution in [-0.2, 0) is 5.41 Å². The van der Waals surface area contributed by atoms with E-state index >= 15 is 0 Å². The van der Waals surface area contributed by atoms with Crippen LogP contribution in [0.4, 0.5) is 10.5 Å². The third-order valence-corrected chi connectivity index (χ3v) is 6.41. The Morgan fingerprint density at radius 3 is 2.56 bits per heavy atom. The molecule has 184 valence electrons. The van der Waals surface area contributed by atoms with Crippen molar-refractivity contribution in [1.82, 2.24) is 4.98 Å². The maximum atomic E-state index is 13.5. The first-order valence-electron chi connectivity index (χ1n) is 11.6. The Kier molecular flexibility index (Phi) is 5.99. The zero-order valence-corrected chi connectivity index (χ0v) is 19.9. The molecule has 3 aromatic carbocycles. The quantitative estimate of drug-likeness (QED) is 0.321. The molecular weight excluding hydrogens is 460 g/mol. The number of hydrogen-bond acceptors (Lipinski definition) is 6. The number of aliphatic hydroxyl groups excluding tert-OH is 2. The number of hydrogen-bond donors (Lipinski definition) is 4. The minimum absolute atomic E-state index is 0.0536. The molecule has 1 heterocycles. The number of nitrogens with one attached hydrogen (secondary N) is 2. The van der Waals surface area contributed by atoms with E-state index in [9.17, 15) is 14.7 Å². The van der Waals surface area contributed by atoms with Gasteiger partial charge in [-0.2, -0.15) is 0 Å². The SMILES string of the molecule is CC1(C)c2cc(OC[C@@H](O)CO)ccc2C(=O)c2c1[nH]c1cc(OC(=O)Nc3ccccc3)ccc21. The molecule has 0 saturated heterocycles. The number of aromatic nitrogens is 1. The maximum absolute atomic E-state index is 13.5. The van der Waals surface area contributed by atoms with E-state index < -0.39 is 24.2 Å². The molecule has 8 nitrogen and oxygen atoms in total. The highest BCUT2D eigenvalue weighted by Crippen LogP contribution is 2.45. The van der Waals surface area contributed by atoms with Crippen LogP contribution >= 0.6 is 0 Å². The largest absolute Gasteiger partial charge is 0.491 e. The zero-order chi connectivity index (χ0) is 25.4. The summed E-state index contributed by atoms with van der Waals surface area (Å²) in [6.07, 6.45) is -1.60. The standard InChI is InChI=1S/C28H26N2O6/c1-28(2)22-12-18(35-15-17(32)14-31)8-10-20(22)25(33)24-21-11-9-19(13-23(21)30-26(24)28)36-27(34)29-16-6-4-3-5-7-16/h3-13,17,30-32H,14-15H2,1-2H3,(H,29,34)/t17-/m0/s1. The van der Waals surface area contributed by atoms with Crippen molar-refractivity contribution in [3.8, 4) is 11.5 Å². The summed E-state index contributed by atoms with van der Waals surface area (Å²) in [7, 11) is 0. The number of anilines is 1. The monoisotopic (exact) mass is 486 g/mol. The molecule has 1 aliphatic carbocycles. The highest BCUT2D eigenvalue weighted by Gasteiger charge is 2.40. The van der Waals surface area contributed by atoms with Gasteiger partial charge < -0.3 is 24.7 Å². The summed E-state index contributed by atoms with van der Waals surface area (Å²) in [4.78, 5) is 29.2. The molecule has 4 aromatic rings. The average Bonchev–Trinajstić information content (AvgIpc) is 3.26. The van der Waals surface area contributed by atoms with E-state index in [2.05, 4.69) is 10.3 Å². The number of carbonyl (C=O) groups is 2. The van der Waals surface area contributed by atoms with Crippen molar-refractivity contribution >= 4 is 28.5 Å². The second-order valence-electron chi connectivity index (χ2n) is 9.27. The fourth-order valence-corrected chi connectivity index (χ4v) is 4.56. The molecule has 1 amide bonds. The minimum Gasteiger partial charge on any atom is -0.491 e. The molecule has 8 heteroatoms. The lowest BCUT2D eigenvalue weighted by atomic mass is 9.71. The molecule has 0 aliphatic heterocycles. The van der Waals surface area contributed by atoms with E-state index in [1.807, 2.05) is 32.0 Å². The fraction of sp³-hybridized carbons (Fsp3) is 0.214. The number of ketones is 1. The lowest BCUT2D eigenvalue weighted by Gasteiger charge is -2.32. The summed E-state index contributed by atoms with van der Waals surface area (Å²) < 4.78 is 11.1. The van der Waals surface area contributed by atoms with Crippen molar-refractivity contribution in [2.24, 2.45) is 0 Å². The zero-order valence-electron chi connectivity index (χ0n) is 19.9. The molecule has 0 saturated carbocycles. The van der Waals surface area contributed by atoms with Gasteiger partial charge in [-0.05, 0) is 48.0 Å². The molecule has 0 unspecified atom stereocenters. The number of fused-ring (bicyclic) bond motifs is 4. The summed E-state index contributed by atoms with van der Waals surface area (Å²) in [6.45, 7) is 3.59. The molecule has 5 rings (SSSR count). The molecule has 0 radical (unpaired) electrons. The number of para-hydroxylation sites is 1. The van der Waals surface area contributed by atoms with Gasteiger partial charge in [-0.1, -0.05) is 32.0 Å². The van der Waals surface area contributed by atoms with Gasteiger partial charge in [0.25, 0.3) is 0 Å². The molecule has 0 fully saturated rings. The van der Waals surface area contributed by atoms with Crippen molar-refractivity contribution in [2.75, 3.05) is 18.5 Å². The Bertz CT molecular complexity index is 1460. The van der Waals surface area contributed by atoms with E-state index in [0.29, 0.717) is 33.8 Å². The van der Waals surface area contributed by atoms with E-state index in [1.54, 1.807) is 48.5 Å². The van der Waals surface area contributed by atoms with Gasteiger partial charge in [0.15, 0.2) is 5.78 Å². The first kappa shape index (κ1) is 23.6. The summed E-state index contributed by atoms with van der Waals surface area (Å²) in [5.41, 5.74) is 3.46. The Balaban J connectivity index is 1.45. The van der Waals surface area contributed by atoms with Crippen LogP contribution in [0.25, 0.3) is 10.9 Å². The van der Waals surface area contributed by atoms with Crippen LogP contribution in [0.5, 0.6) is 11.5 Å². The minimum atomic E-state index is -0.984. The van der Waals surface area contributed by atoms with E-state index in [0.717, 1.165) is 16.6 Å². The second-order valence-corrected chi connectivity index (χ2v) is 9.27. The number of carbonyl (C=O) groups excluding carboxylic acids is 2. The summed E-state index contributed by atoms with van der Waals surface area (Å²) in [5.74, 6) is 0.736. The summed E-state index contributed by atoms with van der Waals surface area (Å²) in [6, 6.07) is 19.4. The molecule has 4 N–H and O–H groups in total. The molecule has 36 heavy (non-hydrogen) atoms. The lowest BCUT2D eigenvalue weighted by molar-refractivity contribution is 0.0535. The van der Waals surface area contributed by atoms with Gasteiger partial charge in [-0.25, -0.2) is 4.79 Å². The van der Waals surface area contributed by atoms with Gasteiger partial charge in [0.2, 0.25) is 0 Å². The highest BCUT2D eigenvalue weighted by atomic mass is 16.6. The average molecular weight is 487 g/mol. The number of H-pyrrole nitrogens is 1. The second kappa shape index (κ2) is 9.14. The van der Waals surface area contributed by atoms with E-state index in [4.69, 9.17) is 14.6 Å². The summed E-state index contributed by atoms with van der Waals surface area (Å²) >= 11 is 0. The number of amides is 1. The topological polar surface area (TPSA) is 121 Å². The van der Waals surface area contributed by atoms with Crippen molar-refractivity contribution in [3.05, 3.63) is 89.1 Å². The maximum Gasteiger partial charge on any atom is 0.417 e. The number of aromatic amines is 1. The Labute approximate surface area is 207 Å². The number of ether oxygens (including phenoxy) is 2. The van der Waals surface area contributed by atoms with Crippen molar-refractivity contribution in [1.29, 1.82) is 0 Å². The van der Waals surface area contributed by atoms with Crippen LogP contribution in [0.2, 0.25) is 0 Å². The van der Waals surface area contributed by atoms with Gasteiger partial charge in [0.05, 0.1) is 17.7 Å². The normalized spacial score (nSPS) is 14.6. The molecule has 1 atom stereocenters. The van der Waals surface area contributed by atoms with Crippen molar-refractivity contribution < 1.29 is 29.3 Å². The van der Waals surface area contributed by atoms with Crippen LogP contribution < -0.4 is 14.8 Å². The lowest BCUT2D eigenvalue weighted by Crippen LogP contribution is -2.30. The van der Waals surface area contributed by atoms with Crippen molar-refractivity contribution in [3.63, 3.8) is 0 Å². The first-order valence-corrected chi connectivity index (χ1v) is 11.6. The van der Waals surface area contributed by atoms with Gasteiger partial charge in [-0.15, -0.1) is 0 Å². The number of aliphatic hydroxyl groups is 2. The molecular formula is C28H26N2O6. The van der Waals surface area contributed by atoms with Crippen LogP contribution in [0, 0.1) is 0 Å². The first-order chi connectivity index (χ1) is 17.3. The van der Waals surface area contributed by atoms with Gasteiger partial charge in [-0.3, -0.25) is 10.1 Å². The van der Waals surface area contributed by atoms with E-state index in [1.165, 1.54) is 0 Å². The van der Waals surface area contributed by atoms with Crippen molar-refractivity contribution in [2.45, 2.75) is 25.4 Å². The third-order valence-electron chi connectivity index (χ3n) is 6.41.